The fourth-order valence-electron chi connectivity index (χ4n) is 2.41. The van der Waals surface area contributed by atoms with Gasteiger partial charge in [-0.25, -0.2) is 8.60 Å². The average Bonchev–Trinajstić information content (AvgIpc) is 2.73. The summed E-state index contributed by atoms with van der Waals surface area (Å²) in [7, 11) is 0.0823. The number of benzene rings is 3. The first kappa shape index (κ1) is 19.5. The maximum absolute atomic E-state index is 12.9. The zero-order valence-electron chi connectivity index (χ0n) is 15.1. The molecule has 0 aliphatic heterocycles. The van der Waals surface area contributed by atoms with Gasteiger partial charge in [-0.2, -0.15) is 0 Å². The van der Waals surface area contributed by atoms with Crippen molar-refractivity contribution in [3.05, 3.63) is 95.8 Å². The van der Waals surface area contributed by atoms with Gasteiger partial charge in [0.25, 0.3) is 0 Å². The van der Waals surface area contributed by atoms with Gasteiger partial charge in [0, 0.05) is 11.3 Å². The van der Waals surface area contributed by atoms with Gasteiger partial charge in [0.15, 0.2) is 5.78 Å². The topological polar surface area (TPSA) is 55.4 Å². The molecule has 0 amide bonds. The second kappa shape index (κ2) is 9.10. The minimum Gasteiger partial charge on any atom is -0.497 e. The summed E-state index contributed by atoms with van der Waals surface area (Å²) in [5, 5.41) is 0. The van der Waals surface area contributed by atoms with E-state index in [9.17, 15) is 13.4 Å². The van der Waals surface area contributed by atoms with Gasteiger partial charge in [-0.05, 0) is 72.3 Å². The Morgan fingerprint density at radius 2 is 1.61 bits per heavy atom. The van der Waals surface area contributed by atoms with Crippen molar-refractivity contribution in [3.63, 3.8) is 0 Å². The third-order valence-electron chi connectivity index (χ3n) is 3.95. The van der Waals surface area contributed by atoms with Crippen molar-refractivity contribution in [2.75, 3.05) is 11.8 Å². The zero-order chi connectivity index (χ0) is 19.9. The number of ketones is 1. The summed E-state index contributed by atoms with van der Waals surface area (Å²) in [6, 6.07) is 19.5. The minimum atomic E-state index is -1.52. The molecular formula is C22H18FNO3S. The maximum atomic E-state index is 12.9. The van der Waals surface area contributed by atoms with Crippen LogP contribution in [0.15, 0.2) is 83.8 Å². The van der Waals surface area contributed by atoms with E-state index in [-0.39, 0.29) is 11.6 Å². The van der Waals surface area contributed by atoms with Crippen molar-refractivity contribution in [2.24, 2.45) is 0 Å². The first-order valence-corrected chi connectivity index (χ1v) is 9.61. The van der Waals surface area contributed by atoms with Gasteiger partial charge in [-0.1, -0.05) is 18.2 Å². The molecule has 0 saturated heterocycles. The normalized spacial score (nSPS) is 11.9. The molecule has 28 heavy (non-hydrogen) atoms. The fraction of sp³-hybridized carbons (Fsp3) is 0.0455. The van der Waals surface area contributed by atoms with E-state index >= 15 is 0 Å². The van der Waals surface area contributed by atoms with Crippen LogP contribution in [0.2, 0.25) is 0 Å². The van der Waals surface area contributed by atoms with Crippen LogP contribution in [-0.2, 0) is 11.0 Å². The smallest absolute Gasteiger partial charge is 0.185 e. The summed E-state index contributed by atoms with van der Waals surface area (Å²) >= 11 is 0. The third-order valence-corrected chi connectivity index (χ3v) is 5.07. The minimum absolute atomic E-state index is 0.137. The summed E-state index contributed by atoms with van der Waals surface area (Å²) in [6.45, 7) is 0. The van der Waals surface area contributed by atoms with E-state index in [0.29, 0.717) is 16.1 Å². The number of carbonyl (C=O) groups excluding carboxylic acids is 1. The first-order chi connectivity index (χ1) is 13.5. The molecule has 0 aromatic heterocycles. The van der Waals surface area contributed by atoms with E-state index in [4.69, 9.17) is 4.74 Å². The van der Waals surface area contributed by atoms with Crippen molar-refractivity contribution >= 4 is 28.5 Å². The molecular weight excluding hydrogens is 377 g/mol. The molecule has 1 atom stereocenters. The molecule has 3 rings (SSSR count). The Kier molecular flexibility index (Phi) is 6.34. The Bertz CT molecular complexity index is 997. The van der Waals surface area contributed by atoms with Crippen molar-refractivity contribution in [3.8, 4) is 5.75 Å². The lowest BCUT2D eigenvalue weighted by Crippen LogP contribution is -2.05. The van der Waals surface area contributed by atoms with Crippen LogP contribution in [-0.4, -0.2) is 17.1 Å². The molecule has 1 unspecified atom stereocenters. The van der Waals surface area contributed by atoms with E-state index in [1.165, 1.54) is 30.3 Å². The van der Waals surface area contributed by atoms with E-state index in [1.54, 1.807) is 37.5 Å². The van der Waals surface area contributed by atoms with E-state index in [0.717, 1.165) is 11.3 Å². The molecule has 0 radical (unpaired) electrons. The summed E-state index contributed by atoms with van der Waals surface area (Å²) in [5.41, 5.74) is 2.00. The number of hydrogen-bond donors (Lipinski definition) is 1. The average molecular weight is 395 g/mol. The Hall–Kier alpha value is -3.25. The number of anilines is 1. The predicted molar refractivity (Wildman–Crippen MR) is 109 cm³/mol. The van der Waals surface area contributed by atoms with Crippen LogP contribution in [0.1, 0.15) is 15.9 Å². The van der Waals surface area contributed by atoms with Gasteiger partial charge in [0.1, 0.15) is 22.6 Å². The number of allylic oxidation sites excluding steroid dienone is 1. The molecule has 0 fully saturated rings. The molecule has 3 aromatic rings. The fourth-order valence-corrected chi connectivity index (χ4v) is 3.26. The monoisotopic (exact) mass is 395 g/mol. The summed E-state index contributed by atoms with van der Waals surface area (Å²) in [4.78, 5) is 12.8. The van der Waals surface area contributed by atoms with Gasteiger partial charge in [0.05, 0.1) is 12.0 Å². The van der Waals surface area contributed by atoms with E-state index < -0.39 is 11.0 Å². The van der Waals surface area contributed by atoms with Crippen LogP contribution in [0.5, 0.6) is 5.75 Å². The van der Waals surface area contributed by atoms with Crippen molar-refractivity contribution < 1.29 is 18.1 Å². The lowest BCUT2D eigenvalue weighted by atomic mass is 10.1. The summed E-state index contributed by atoms with van der Waals surface area (Å²) < 4.78 is 33.1. The molecule has 0 bridgehead atoms. The molecule has 3 aromatic carbocycles. The van der Waals surface area contributed by atoms with Crippen LogP contribution in [0, 0.1) is 5.82 Å². The molecule has 6 heteroatoms. The van der Waals surface area contributed by atoms with Crippen LogP contribution in [0.3, 0.4) is 0 Å². The largest absolute Gasteiger partial charge is 0.497 e. The van der Waals surface area contributed by atoms with E-state index in [2.05, 4.69) is 4.72 Å². The molecule has 1 N–H and O–H groups in total. The third kappa shape index (κ3) is 5.14. The molecule has 0 saturated carbocycles. The second-order valence-corrected chi connectivity index (χ2v) is 7.09. The Labute approximate surface area is 165 Å². The maximum Gasteiger partial charge on any atom is 0.185 e. The Morgan fingerprint density at radius 3 is 2.21 bits per heavy atom. The van der Waals surface area contributed by atoms with Gasteiger partial charge in [0.2, 0.25) is 0 Å². The summed E-state index contributed by atoms with van der Waals surface area (Å²) in [6.07, 6.45) is 3.23. The van der Waals surface area contributed by atoms with Gasteiger partial charge in [-0.3, -0.25) is 4.79 Å². The molecule has 142 valence electrons. The Balaban J connectivity index is 1.62. The van der Waals surface area contributed by atoms with Gasteiger partial charge in [-0.15, -0.1) is 0 Å². The van der Waals surface area contributed by atoms with Gasteiger partial charge < -0.3 is 9.46 Å². The highest BCUT2D eigenvalue weighted by molar-refractivity contribution is 7.86. The predicted octanol–water partition coefficient (Wildman–Crippen LogP) is 4.87. The molecule has 4 nitrogen and oxygen atoms in total. The number of rotatable bonds is 7. The highest BCUT2D eigenvalue weighted by Gasteiger charge is 2.06. The quantitative estimate of drug-likeness (QED) is 0.459. The number of methoxy groups -OCH3 is 1. The van der Waals surface area contributed by atoms with Crippen LogP contribution in [0.25, 0.3) is 6.08 Å². The van der Waals surface area contributed by atoms with Crippen molar-refractivity contribution in [1.29, 1.82) is 0 Å². The molecule has 0 aliphatic carbocycles. The SMILES string of the molecule is COc1ccc(/C=C/C(=O)c2ccc(NS(=O)c3ccc(F)cc3)cc2)cc1. The number of ether oxygens (including phenoxy) is 1. The van der Waals surface area contributed by atoms with Crippen molar-refractivity contribution in [2.45, 2.75) is 4.90 Å². The van der Waals surface area contributed by atoms with Crippen LogP contribution < -0.4 is 9.46 Å². The van der Waals surface area contributed by atoms with Gasteiger partial charge >= 0.3 is 0 Å². The van der Waals surface area contributed by atoms with E-state index in [1.807, 2.05) is 24.3 Å². The highest BCUT2D eigenvalue weighted by Crippen LogP contribution is 2.16. The van der Waals surface area contributed by atoms with Crippen LogP contribution in [0.4, 0.5) is 10.1 Å². The number of carbonyl (C=O) groups is 1. The Morgan fingerprint density at radius 1 is 0.964 bits per heavy atom. The summed E-state index contributed by atoms with van der Waals surface area (Å²) in [5.74, 6) is 0.234. The first-order valence-electron chi connectivity index (χ1n) is 8.46. The molecule has 0 aliphatic rings. The lowest BCUT2D eigenvalue weighted by Gasteiger charge is -2.06. The van der Waals surface area contributed by atoms with Crippen molar-refractivity contribution in [1.82, 2.24) is 0 Å². The highest BCUT2D eigenvalue weighted by atomic mass is 32.2. The number of halogens is 1. The standard InChI is InChI=1S/C22H18FNO3S/c1-27-20-11-2-16(3-12-20)4-15-22(25)17-5-9-19(10-6-17)24-28(26)21-13-7-18(23)8-14-21/h2-15,24H,1H3/b15-4+. The number of hydrogen-bond acceptors (Lipinski definition) is 3. The second-order valence-electron chi connectivity index (χ2n) is 5.87. The lowest BCUT2D eigenvalue weighted by molar-refractivity contribution is 0.104. The molecule has 0 spiro atoms. The number of nitrogens with one attached hydrogen (secondary N) is 1. The molecule has 0 heterocycles. The van der Waals surface area contributed by atoms with Crippen LogP contribution >= 0.6 is 0 Å². The zero-order valence-corrected chi connectivity index (χ0v) is 15.9.